The molecule has 2 aromatic rings. The molecule has 2 heterocycles. The van der Waals surface area contributed by atoms with Crippen molar-refractivity contribution < 1.29 is 9.72 Å². The Morgan fingerprint density at radius 1 is 1.27 bits per heavy atom. The fourth-order valence-corrected chi connectivity index (χ4v) is 2.98. The van der Waals surface area contributed by atoms with Crippen LogP contribution in [0.3, 0.4) is 0 Å². The fourth-order valence-electron chi connectivity index (χ4n) is 2.98. The summed E-state index contributed by atoms with van der Waals surface area (Å²) in [6.45, 7) is 3.27. The van der Waals surface area contributed by atoms with Crippen LogP contribution < -0.4 is 0 Å². The van der Waals surface area contributed by atoms with E-state index in [4.69, 9.17) is 0 Å². The molecular formula is C16H17N3O3. The summed E-state index contributed by atoms with van der Waals surface area (Å²) in [6, 6.07) is 10.2. The molecule has 0 aliphatic carbocycles. The zero-order chi connectivity index (χ0) is 15.7. The highest BCUT2D eigenvalue weighted by molar-refractivity contribution is 5.77. The molecular weight excluding hydrogens is 282 g/mol. The average Bonchev–Trinajstić information content (AvgIpc) is 3.01. The van der Waals surface area contributed by atoms with Gasteiger partial charge in [0.25, 0.3) is 5.69 Å². The number of nitro groups is 1. The third-order valence-corrected chi connectivity index (χ3v) is 4.08. The molecule has 6 heteroatoms. The molecule has 0 bridgehead atoms. The molecule has 22 heavy (non-hydrogen) atoms. The Bertz CT molecular complexity index is 706. The number of carbonyl (C=O) groups excluding carboxylic acids is 1. The first-order chi connectivity index (χ1) is 10.6. The van der Waals surface area contributed by atoms with Gasteiger partial charge in [0.15, 0.2) is 0 Å². The van der Waals surface area contributed by atoms with Crippen LogP contribution in [0.1, 0.15) is 30.6 Å². The molecule has 0 fully saturated rings. The maximum Gasteiger partial charge on any atom is 0.269 e. The van der Waals surface area contributed by atoms with Crippen molar-refractivity contribution in [2.24, 2.45) is 0 Å². The van der Waals surface area contributed by atoms with Crippen LogP contribution in [0, 0.1) is 10.1 Å². The van der Waals surface area contributed by atoms with Crippen LogP contribution in [0.5, 0.6) is 0 Å². The van der Waals surface area contributed by atoms with Crippen LogP contribution in [0.4, 0.5) is 5.69 Å². The van der Waals surface area contributed by atoms with Crippen molar-refractivity contribution in [3.8, 4) is 0 Å². The van der Waals surface area contributed by atoms with Gasteiger partial charge in [-0.3, -0.25) is 14.9 Å². The molecule has 114 valence electrons. The van der Waals surface area contributed by atoms with Gasteiger partial charge >= 0.3 is 0 Å². The Morgan fingerprint density at radius 3 is 2.64 bits per heavy atom. The molecule has 1 aromatic carbocycles. The van der Waals surface area contributed by atoms with Crippen LogP contribution in [0.25, 0.3) is 0 Å². The minimum absolute atomic E-state index is 0.0586. The normalized spacial score (nSPS) is 17.1. The third kappa shape index (κ3) is 2.36. The number of aromatic nitrogens is 1. The molecule has 1 aliphatic heterocycles. The maximum absolute atomic E-state index is 12.3. The number of nitrogens with zero attached hydrogens (tertiary/aromatic N) is 3. The van der Waals surface area contributed by atoms with Gasteiger partial charge in [-0.05, 0) is 29.8 Å². The van der Waals surface area contributed by atoms with Crippen molar-refractivity contribution >= 4 is 11.6 Å². The number of rotatable bonds is 3. The van der Waals surface area contributed by atoms with Crippen molar-refractivity contribution in [3.63, 3.8) is 0 Å². The molecule has 0 radical (unpaired) electrons. The lowest BCUT2D eigenvalue weighted by Gasteiger charge is -2.37. The Kier molecular flexibility index (Phi) is 3.66. The molecule has 3 rings (SSSR count). The monoisotopic (exact) mass is 299 g/mol. The summed E-state index contributed by atoms with van der Waals surface area (Å²) < 4.78 is 2.13. The lowest BCUT2D eigenvalue weighted by atomic mass is 9.99. The standard InChI is InChI=1S/C16H17N3O3/c1-2-15(20)18-11-10-17-9-3-4-14(17)16(18)12-5-7-13(8-6-12)19(21)22/h3-9,16H,2,10-11H2,1H3. The Labute approximate surface area is 128 Å². The molecule has 1 aromatic heterocycles. The van der Waals surface area contributed by atoms with E-state index in [1.165, 1.54) is 12.1 Å². The van der Waals surface area contributed by atoms with Crippen molar-refractivity contribution in [2.45, 2.75) is 25.9 Å². The van der Waals surface area contributed by atoms with E-state index in [0.29, 0.717) is 13.0 Å². The van der Waals surface area contributed by atoms with Gasteiger partial charge < -0.3 is 9.47 Å². The summed E-state index contributed by atoms with van der Waals surface area (Å²) >= 11 is 0. The van der Waals surface area contributed by atoms with Crippen molar-refractivity contribution in [3.05, 3.63) is 64.0 Å². The highest BCUT2D eigenvalue weighted by Gasteiger charge is 2.31. The Morgan fingerprint density at radius 2 is 2.00 bits per heavy atom. The molecule has 0 spiro atoms. The molecule has 0 saturated heterocycles. The first kappa shape index (κ1) is 14.3. The highest BCUT2D eigenvalue weighted by atomic mass is 16.6. The maximum atomic E-state index is 12.3. The van der Waals surface area contributed by atoms with Crippen molar-refractivity contribution in [2.75, 3.05) is 6.54 Å². The first-order valence-corrected chi connectivity index (χ1v) is 7.30. The summed E-state index contributed by atoms with van der Waals surface area (Å²) in [6.07, 6.45) is 2.45. The second kappa shape index (κ2) is 5.63. The number of benzene rings is 1. The minimum Gasteiger partial charge on any atom is -0.348 e. The predicted octanol–water partition coefficient (Wildman–Crippen LogP) is 2.74. The zero-order valence-corrected chi connectivity index (χ0v) is 12.3. The van der Waals surface area contributed by atoms with E-state index in [1.54, 1.807) is 12.1 Å². The lowest BCUT2D eigenvalue weighted by Crippen LogP contribution is -2.42. The van der Waals surface area contributed by atoms with Crippen LogP contribution in [0.15, 0.2) is 42.6 Å². The van der Waals surface area contributed by atoms with Crippen LogP contribution in [0.2, 0.25) is 0 Å². The van der Waals surface area contributed by atoms with E-state index in [2.05, 4.69) is 4.57 Å². The average molecular weight is 299 g/mol. The van der Waals surface area contributed by atoms with Gasteiger partial charge in [-0.15, -0.1) is 0 Å². The van der Waals surface area contributed by atoms with E-state index < -0.39 is 4.92 Å². The zero-order valence-electron chi connectivity index (χ0n) is 12.3. The number of hydrogen-bond acceptors (Lipinski definition) is 3. The van der Waals surface area contributed by atoms with Gasteiger partial charge in [0.1, 0.15) is 0 Å². The molecule has 1 unspecified atom stereocenters. The molecule has 6 nitrogen and oxygen atoms in total. The lowest BCUT2D eigenvalue weighted by molar-refractivity contribution is -0.384. The molecule has 0 saturated carbocycles. The second-order valence-corrected chi connectivity index (χ2v) is 5.32. The van der Waals surface area contributed by atoms with E-state index >= 15 is 0 Å². The fraction of sp³-hybridized carbons (Fsp3) is 0.312. The van der Waals surface area contributed by atoms with Gasteiger partial charge in [0, 0.05) is 43.5 Å². The molecule has 1 aliphatic rings. The predicted molar refractivity (Wildman–Crippen MR) is 81.4 cm³/mol. The third-order valence-electron chi connectivity index (χ3n) is 4.08. The number of carbonyl (C=O) groups is 1. The van der Waals surface area contributed by atoms with E-state index in [9.17, 15) is 14.9 Å². The summed E-state index contributed by atoms with van der Waals surface area (Å²) in [5, 5.41) is 10.8. The SMILES string of the molecule is CCC(=O)N1CCn2cccc2C1c1ccc([N+](=O)[O-])cc1. The largest absolute Gasteiger partial charge is 0.348 e. The first-order valence-electron chi connectivity index (χ1n) is 7.30. The van der Waals surface area contributed by atoms with Gasteiger partial charge in [-0.25, -0.2) is 0 Å². The topological polar surface area (TPSA) is 68.4 Å². The Balaban J connectivity index is 2.03. The van der Waals surface area contributed by atoms with Gasteiger partial charge in [-0.2, -0.15) is 0 Å². The quantitative estimate of drug-likeness (QED) is 0.646. The van der Waals surface area contributed by atoms with Crippen LogP contribution >= 0.6 is 0 Å². The number of nitro benzene ring substituents is 1. The van der Waals surface area contributed by atoms with E-state index in [1.807, 2.05) is 30.2 Å². The van der Waals surface area contributed by atoms with E-state index in [-0.39, 0.29) is 17.6 Å². The Hall–Kier alpha value is -2.63. The van der Waals surface area contributed by atoms with Gasteiger partial charge in [-0.1, -0.05) is 6.92 Å². The van der Waals surface area contributed by atoms with Crippen molar-refractivity contribution in [1.29, 1.82) is 0 Å². The number of amides is 1. The molecule has 0 N–H and O–H groups in total. The summed E-state index contributed by atoms with van der Waals surface area (Å²) in [5.74, 6) is 0.0933. The van der Waals surface area contributed by atoms with E-state index in [0.717, 1.165) is 17.8 Å². The number of non-ortho nitro benzene ring substituents is 1. The van der Waals surface area contributed by atoms with Crippen molar-refractivity contribution in [1.82, 2.24) is 9.47 Å². The summed E-state index contributed by atoms with van der Waals surface area (Å²) in [5.41, 5.74) is 2.00. The molecule has 1 amide bonds. The summed E-state index contributed by atoms with van der Waals surface area (Å²) in [7, 11) is 0. The van der Waals surface area contributed by atoms with Crippen LogP contribution in [-0.2, 0) is 11.3 Å². The smallest absolute Gasteiger partial charge is 0.269 e. The van der Waals surface area contributed by atoms with Gasteiger partial charge in [0.2, 0.25) is 5.91 Å². The number of hydrogen-bond donors (Lipinski definition) is 0. The second-order valence-electron chi connectivity index (χ2n) is 5.32. The number of fused-ring (bicyclic) bond motifs is 1. The molecule has 1 atom stereocenters. The van der Waals surface area contributed by atoms with Crippen LogP contribution in [-0.4, -0.2) is 26.8 Å². The summed E-state index contributed by atoms with van der Waals surface area (Å²) in [4.78, 5) is 24.5. The van der Waals surface area contributed by atoms with Gasteiger partial charge in [0.05, 0.1) is 11.0 Å². The minimum atomic E-state index is -0.414. The highest BCUT2D eigenvalue weighted by Crippen LogP contribution is 2.33.